The van der Waals surface area contributed by atoms with Crippen LogP contribution in [0.25, 0.3) is 0 Å². The number of carbonyl (C=O) groups excluding carboxylic acids is 3. The Bertz CT molecular complexity index is 1410. The zero-order valence-electron chi connectivity index (χ0n) is 55.3. The number of hydrogen-bond acceptors (Lipinski definition) is 6. The molecule has 0 aliphatic rings. The van der Waals surface area contributed by atoms with E-state index in [-0.39, 0.29) is 31.1 Å². The van der Waals surface area contributed by atoms with Gasteiger partial charge in [0, 0.05) is 19.3 Å². The summed E-state index contributed by atoms with van der Waals surface area (Å²) in [4.78, 5) is 38.5. The molecule has 0 saturated carbocycles. The van der Waals surface area contributed by atoms with Gasteiger partial charge in [0.25, 0.3) is 0 Å². The zero-order chi connectivity index (χ0) is 59.2. The highest BCUT2D eigenvalue weighted by Crippen LogP contribution is 2.18. The van der Waals surface area contributed by atoms with E-state index in [0.717, 1.165) is 83.5 Å². The SMILES string of the molecule is CCCCCCC/C=C\C/C=C\C/C=C\CCCCCCCCCCC(=O)OC(COC(=O)CCCCCCC/C=C\CCCCCCCC)COC(=O)CCCCCCCCCCCCCCCCCCCCCCCCCCCC. The van der Waals surface area contributed by atoms with E-state index in [1.54, 1.807) is 0 Å². The molecule has 6 heteroatoms. The lowest BCUT2D eigenvalue weighted by molar-refractivity contribution is -0.167. The smallest absolute Gasteiger partial charge is 0.306 e. The molecule has 0 amide bonds. The fourth-order valence-electron chi connectivity index (χ4n) is 11.0. The Kier molecular flexibility index (Phi) is 68.6. The van der Waals surface area contributed by atoms with E-state index >= 15 is 0 Å². The average Bonchev–Trinajstić information content (AvgIpc) is 3.47. The first-order chi connectivity index (χ1) is 40.5. The quantitative estimate of drug-likeness (QED) is 0.0261. The first kappa shape index (κ1) is 79.4. The van der Waals surface area contributed by atoms with Crippen LogP contribution >= 0.6 is 0 Å². The van der Waals surface area contributed by atoms with Crippen molar-refractivity contribution in [1.29, 1.82) is 0 Å². The third-order valence-corrected chi connectivity index (χ3v) is 16.6. The topological polar surface area (TPSA) is 78.9 Å². The molecule has 82 heavy (non-hydrogen) atoms. The molecule has 480 valence electrons. The summed E-state index contributed by atoms with van der Waals surface area (Å²) in [7, 11) is 0. The number of carbonyl (C=O) groups is 3. The molecular weight excluding hydrogens is 1010 g/mol. The summed E-state index contributed by atoms with van der Waals surface area (Å²) in [5.74, 6) is -0.863. The van der Waals surface area contributed by atoms with Gasteiger partial charge in [0.15, 0.2) is 6.10 Å². The Balaban J connectivity index is 4.28. The minimum Gasteiger partial charge on any atom is -0.462 e. The summed E-state index contributed by atoms with van der Waals surface area (Å²) in [5, 5.41) is 0. The van der Waals surface area contributed by atoms with Crippen LogP contribution in [0.1, 0.15) is 400 Å². The Labute approximate surface area is 511 Å². The van der Waals surface area contributed by atoms with Gasteiger partial charge in [0.2, 0.25) is 0 Å². The van der Waals surface area contributed by atoms with Crippen LogP contribution in [0.2, 0.25) is 0 Å². The van der Waals surface area contributed by atoms with Crippen molar-refractivity contribution in [2.75, 3.05) is 13.2 Å². The maximum atomic E-state index is 13.0. The molecule has 0 aliphatic heterocycles. The van der Waals surface area contributed by atoms with E-state index in [0.29, 0.717) is 19.3 Å². The van der Waals surface area contributed by atoms with E-state index in [1.807, 2.05) is 0 Å². The standard InChI is InChI=1S/C76H140O6/c1-4-7-10-13-16-19-22-25-28-30-32-34-36-37-38-40-41-43-45-48-51-54-57-60-63-66-69-75(78)81-72-73(71-80-74(77)68-65-62-59-56-53-50-47-27-24-21-18-15-12-9-6-3)82-76(79)70-67-64-61-58-55-52-49-46-44-42-39-35-33-31-29-26-23-20-17-14-11-8-5-2/h23,26-27,31,33,39,42,47,73H,4-22,24-25,28-30,32,34-38,40-41,43-46,48-72H2,1-3H3/b26-23-,33-31-,42-39-,47-27-. The average molecular weight is 1150 g/mol. The highest BCUT2D eigenvalue weighted by Gasteiger charge is 2.19. The predicted octanol–water partition coefficient (Wildman–Crippen LogP) is 25.3. The summed E-state index contributed by atoms with van der Waals surface area (Å²) >= 11 is 0. The molecule has 1 unspecified atom stereocenters. The van der Waals surface area contributed by atoms with E-state index in [1.165, 1.54) is 276 Å². The minimum absolute atomic E-state index is 0.0746. The van der Waals surface area contributed by atoms with Crippen molar-refractivity contribution in [2.24, 2.45) is 0 Å². The third-order valence-electron chi connectivity index (χ3n) is 16.6. The van der Waals surface area contributed by atoms with Crippen molar-refractivity contribution < 1.29 is 28.6 Å². The lowest BCUT2D eigenvalue weighted by atomic mass is 10.0. The Hall–Kier alpha value is -2.63. The Morgan fingerprint density at radius 1 is 0.244 bits per heavy atom. The normalized spacial score (nSPS) is 12.3. The van der Waals surface area contributed by atoms with E-state index in [4.69, 9.17) is 14.2 Å². The van der Waals surface area contributed by atoms with E-state index in [9.17, 15) is 14.4 Å². The first-order valence-corrected chi connectivity index (χ1v) is 36.6. The second-order valence-corrected chi connectivity index (χ2v) is 24.9. The minimum atomic E-state index is -0.781. The van der Waals surface area contributed by atoms with Crippen LogP contribution in [0.3, 0.4) is 0 Å². The highest BCUT2D eigenvalue weighted by atomic mass is 16.6. The van der Waals surface area contributed by atoms with Crippen molar-refractivity contribution >= 4 is 17.9 Å². The largest absolute Gasteiger partial charge is 0.462 e. The lowest BCUT2D eigenvalue weighted by Crippen LogP contribution is -2.30. The van der Waals surface area contributed by atoms with Crippen molar-refractivity contribution in [3.8, 4) is 0 Å². The highest BCUT2D eigenvalue weighted by molar-refractivity contribution is 5.71. The van der Waals surface area contributed by atoms with Crippen LogP contribution < -0.4 is 0 Å². The molecular formula is C76H140O6. The van der Waals surface area contributed by atoms with Gasteiger partial charge >= 0.3 is 17.9 Å². The van der Waals surface area contributed by atoms with Crippen LogP contribution in [0, 0.1) is 0 Å². The van der Waals surface area contributed by atoms with Crippen molar-refractivity contribution in [2.45, 2.75) is 406 Å². The van der Waals surface area contributed by atoms with Crippen molar-refractivity contribution in [3.05, 3.63) is 48.6 Å². The van der Waals surface area contributed by atoms with Crippen LogP contribution in [0.15, 0.2) is 48.6 Å². The molecule has 1 atom stereocenters. The molecule has 0 heterocycles. The molecule has 0 spiro atoms. The Morgan fingerprint density at radius 2 is 0.439 bits per heavy atom. The summed E-state index contributed by atoms with van der Waals surface area (Å²) in [5.41, 5.74) is 0. The molecule has 0 aromatic carbocycles. The van der Waals surface area contributed by atoms with Crippen LogP contribution in [0.4, 0.5) is 0 Å². The van der Waals surface area contributed by atoms with E-state index < -0.39 is 6.10 Å². The molecule has 0 aromatic heterocycles. The van der Waals surface area contributed by atoms with Crippen LogP contribution in [-0.4, -0.2) is 37.2 Å². The number of rotatable bonds is 68. The molecule has 0 N–H and O–H groups in total. The van der Waals surface area contributed by atoms with Gasteiger partial charge in [-0.2, -0.15) is 0 Å². The molecule has 0 radical (unpaired) electrons. The van der Waals surface area contributed by atoms with Crippen LogP contribution in [-0.2, 0) is 28.6 Å². The molecule has 0 rings (SSSR count). The lowest BCUT2D eigenvalue weighted by Gasteiger charge is -2.18. The van der Waals surface area contributed by atoms with Gasteiger partial charge in [-0.05, 0) is 83.5 Å². The molecule has 0 bridgehead atoms. The van der Waals surface area contributed by atoms with E-state index in [2.05, 4.69) is 69.4 Å². The zero-order valence-corrected chi connectivity index (χ0v) is 55.3. The van der Waals surface area contributed by atoms with Gasteiger partial charge in [-0.1, -0.05) is 345 Å². The Morgan fingerprint density at radius 3 is 0.695 bits per heavy atom. The second-order valence-electron chi connectivity index (χ2n) is 24.9. The summed E-state index contributed by atoms with van der Waals surface area (Å²) < 4.78 is 17.0. The van der Waals surface area contributed by atoms with Crippen LogP contribution in [0.5, 0.6) is 0 Å². The van der Waals surface area contributed by atoms with Gasteiger partial charge < -0.3 is 14.2 Å². The third kappa shape index (κ3) is 68.2. The van der Waals surface area contributed by atoms with Gasteiger partial charge in [-0.15, -0.1) is 0 Å². The maximum absolute atomic E-state index is 13.0. The molecule has 0 aliphatic carbocycles. The number of ether oxygens (including phenoxy) is 3. The number of allylic oxidation sites excluding steroid dienone is 8. The summed E-state index contributed by atoms with van der Waals surface area (Å²) in [6.45, 7) is 6.68. The fourth-order valence-corrected chi connectivity index (χ4v) is 11.0. The summed E-state index contributed by atoms with van der Waals surface area (Å²) in [6.07, 6.45) is 90.0. The molecule has 6 nitrogen and oxygen atoms in total. The van der Waals surface area contributed by atoms with Gasteiger partial charge in [0.1, 0.15) is 13.2 Å². The second kappa shape index (κ2) is 70.9. The monoisotopic (exact) mass is 1150 g/mol. The number of unbranched alkanes of at least 4 members (excludes halogenated alkanes) is 49. The molecule has 0 aromatic rings. The van der Waals surface area contributed by atoms with Gasteiger partial charge in [0.05, 0.1) is 0 Å². The summed E-state index contributed by atoms with van der Waals surface area (Å²) in [6, 6.07) is 0. The fraction of sp³-hybridized carbons (Fsp3) is 0.855. The molecule has 0 saturated heterocycles. The van der Waals surface area contributed by atoms with Crippen molar-refractivity contribution in [1.82, 2.24) is 0 Å². The maximum Gasteiger partial charge on any atom is 0.306 e. The number of hydrogen-bond donors (Lipinski definition) is 0. The molecule has 0 fully saturated rings. The van der Waals surface area contributed by atoms with Crippen molar-refractivity contribution in [3.63, 3.8) is 0 Å². The van der Waals surface area contributed by atoms with Gasteiger partial charge in [-0.3, -0.25) is 14.4 Å². The predicted molar refractivity (Wildman–Crippen MR) is 358 cm³/mol. The van der Waals surface area contributed by atoms with Gasteiger partial charge in [-0.25, -0.2) is 0 Å². The number of esters is 3. The first-order valence-electron chi connectivity index (χ1n) is 36.6.